The lowest BCUT2D eigenvalue weighted by Gasteiger charge is -1.51. The molecule has 0 aliphatic carbocycles. The van der Waals surface area contributed by atoms with Crippen molar-refractivity contribution in [3.05, 3.63) is 6.67 Å². The SMILES string of the molecule is OC[CH+]F. The Kier molecular flexibility index (Phi) is 2.59. The molecule has 0 atom stereocenters. The lowest BCUT2D eigenvalue weighted by Crippen LogP contribution is -1.69. The van der Waals surface area contributed by atoms with Crippen molar-refractivity contribution >= 4 is 0 Å². The van der Waals surface area contributed by atoms with Gasteiger partial charge < -0.3 is 5.11 Å². The summed E-state index contributed by atoms with van der Waals surface area (Å²) in [7, 11) is 0. The van der Waals surface area contributed by atoms with Gasteiger partial charge in [0.1, 0.15) is 0 Å². The van der Waals surface area contributed by atoms with Crippen LogP contribution in [0, 0.1) is 6.67 Å². The number of aliphatic hydroxyl groups excluding tert-OH is 1. The van der Waals surface area contributed by atoms with Gasteiger partial charge in [0.05, 0.1) is 0 Å². The monoisotopic (exact) mass is 63.0 g/mol. The summed E-state index contributed by atoms with van der Waals surface area (Å²) in [4.78, 5) is 0. The minimum absolute atomic E-state index is 0.181. The second kappa shape index (κ2) is 2.76. The highest BCUT2D eigenvalue weighted by molar-refractivity contribution is 4.33. The molecule has 0 radical (unpaired) electrons. The summed E-state index contributed by atoms with van der Waals surface area (Å²) < 4.78 is 10.3. The van der Waals surface area contributed by atoms with Gasteiger partial charge in [0.15, 0.2) is 0 Å². The maximum absolute atomic E-state index is 10.3. The fourth-order valence-electron chi connectivity index (χ4n) is 0. The quantitative estimate of drug-likeness (QED) is 0.428. The highest BCUT2D eigenvalue weighted by Gasteiger charge is 1.79. The number of hydrogen-bond acceptors (Lipinski definition) is 1. The summed E-state index contributed by atoms with van der Waals surface area (Å²) in [5, 5.41) is 7.44. The Labute approximate surface area is 24.1 Å². The maximum atomic E-state index is 10.3. The van der Waals surface area contributed by atoms with E-state index in [0.717, 1.165) is 0 Å². The van der Waals surface area contributed by atoms with Gasteiger partial charge in [0.2, 0.25) is 6.61 Å². The van der Waals surface area contributed by atoms with Crippen LogP contribution >= 0.6 is 0 Å². The summed E-state index contributed by atoms with van der Waals surface area (Å²) in [5.41, 5.74) is 0. The van der Waals surface area contributed by atoms with Crippen LogP contribution in [0.15, 0.2) is 0 Å². The molecule has 0 heterocycles. The van der Waals surface area contributed by atoms with E-state index in [0.29, 0.717) is 0 Å². The molecular formula is C2H4FO+. The second-order valence-corrected chi connectivity index (χ2v) is 0.337. The summed E-state index contributed by atoms with van der Waals surface area (Å²) in [6.07, 6.45) is 0. The van der Waals surface area contributed by atoms with E-state index < -0.39 is 6.61 Å². The van der Waals surface area contributed by atoms with Gasteiger partial charge in [-0.15, -0.1) is 0 Å². The third-order valence-electron chi connectivity index (χ3n) is 0.0690. The predicted molar refractivity (Wildman–Crippen MR) is 12.5 cm³/mol. The Morgan fingerprint density at radius 2 is 2.25 bits per heavy atom. The highest BCUT2D eigenvalue weighted by Crippen LogP contribution is 1.65. The van der Waals surface area contributed by atoms with Crippen molar-refractivity contribution in [1.29, 1.82) is 0 Å². The van der Waals surface area contributed by atoms with E-state index in [-0.39, 0.29) is 6.67 Å². The van der Waals surface area contributed by atoms with Gasteiger partial charge in [-0.2, -0.15) is 0 Å². The van der Waals surface area contributed by atoms with E-state index in [2.05, 4.69) is 0 Å². The minimum Gasteiger partial charge on any atom is -0.353 e. The van der Waals surface area contributed by atoms with Crippen molar-refractivity contribution in [1.82, 2.24) is 0 Å². The average molecular weight is 63.1 g/mol. The van der Waals surface area contributed by atoms with Crippen molar-refractivity contribution in [2.75, 3.05) is 6.61 Å². The molecule has 0 aromatic heterocycles. The smallest absolute Gasteiger partial charge is 0.312 e. The van der Waals surface area contributed by atoms with Crippen LogP contribution in [0.25, 0.3) is 0 Å². The van der Waals surface area contributed by atoms with Gasteiger partial charge in [0.25, 0.3) is 0 Å². The molecule has 0 saturated heterocycles. The Hall–Kier alpha value is -0.240. The normalized spacial score (nSPS) is 6.50. The zero-order valence-electron chi connectivity index (χ0n) is 2.11. The standard InChI is InChI=1S/C2H4FO/c3-1-2-4/h1,4H,2H2/q+1. The third-order valence-corrected chi connectivity index (χ3v) is 0.0690. The van der Waals surface area contributed by atoms with Crippen LogP contribution in [0.5, 0.6) is 0 Å². The molecule has 4 heavy (non-hydrogen) atoms. The van der Waals surface area contributed by atoms with E-state index >= 15 is 0 Å². The van der Waals surface area contributed by atoms with Gasteiger partial charge in [-0.05, 0) is 4.39 Å². The topological polar surface area (TPSA) is 20.2 Å². The third kappa shape index (κ3) is 1.76. The maximum Gasteiger partial charge on any atom is 0.312 e. The van der Waals surface area contributed by atoms with Gasteiger partial charge in [-0.3, -0.25) is 0 Å². The van der Waals surface area contributed by atoms with Crippen molar-refractivity contribution in [3.8, 4) is 0 Å². The molecule has 1 nitrogen and oxygen atoms in total. The molecule has 0 aliphatic rings. The molecular weight excluding hydrogens is 59.0 g/mol. The Morgan fingerprint density at radius 3 is 2.25 bits per heavy atom. The molecule has 0 aromatic carbocycles. The minimum atomic E-state index is -0.472. The number of halogens is 1. The summed E-state index contributed by atoms with van der Waals surface area (Å²) >= 11 is 0. The summed E-state index contributed by atoms with van der Waals surface area (Å²) in [6, 6.07) is 0. The summed E-state index contributed by atoms with van der Waals surface area (Å²) in [5.74, 6) is 0. The molecule has 0 amide bonds. The van der Waals surface area contributed by atoms with Crippen molar-refractivity contribution < 1.29 is 9.50 Å². The van der Waals surface area contributed by atoms with Crippen LogP contribution in [0.4, 0.5) is 4.39 Å². The molecule has 0 aliphatic heterocycles. The van der Waals surface area contributed by atoms with Crippen molar-refractivity contribution in [3.63, 3.8) is 0 Å². The Balaban J connectivity index is 1.97. The zero-order valence-corrected chi connectivity index (χ0v) is 2.11. The van der Waals surface area contributed by atoms with E-state index in [4.69, 9.17) is 5.11 Å². The van der Waals surface area contributed by atoms with Gasteiger partial charge in [-0.1, -0.05) is 0 Å². The van der Waals surface area contributed by atoms with Crippen molar-refractivity contribution in [2.45, 2.75) is 0 Å². The first-order chi connectivity index (χ1) is 1.91. The highest BCUT2D eigenvalue weighted by atomic mass is 19.1. The van der Waals surface area contributed by atoms with Crippen LogP contribution in [0.3, 0.4) is 0 Å². The van der Waals surface area contributed by atoms with E-state index in [1.54, 1.807) is 0 Å². The molecule has 0 fully saturated rings. The van der Waals surface area contributed by atoms with Crippen LogP contribution in [0.2, 0.25) is 0 Å². The second-order valence-electron chi connectivity index (χ2n) is 0.337. The predicted octanol–water partition coefficient (Wildman–Crippen LogP) is 0.110. The number of hydrogen-bond donors (Lipinski definition) is 1. The van der Waals surface area contributed by atoms with Crippen LogP contribution in [-0.2, 0) is 0 Å². The first kappa shape index (κ1) is 3.76. The molecule has 0 rings (SSSR count). The van der Waals surface area contributed by atoms with E-state index in [1.165, 1.54) is 0 Å². The van der Waals surface area contributed by atoms with Crippen LogP contribution in [0.1, 0.15) is 0 Å². The van der Waals surface area contributed by atoms with Gasteiger partial charge in [0, 0.05) is 0 Å². The van der Waals surface area contributed by atoms with Crippen LogP contribution < -0.4 is 0 Å². The number of rotatable bonds is 1. The first-order valence-electron chi connectivity index (χ1n) is 0.943. The zero-order chi connectivity index (χ0) is 3.41. The molecule has 0 aromatic rings. The van der Waals surface area contributed by atoms with Crippen molar-refractivity contribution in [2.24, 2.45) is 0 Å². The molecule has 0 spiro atoms. The molecule has 1 N–H and O–H groups in total. The fraction of sp³-hybridized carbons (Fsp3) is 0.500. The molecule has 2 heteroatoms. The van der Waals surface area contributed by atoms with Gasteiger partial charge >= 0.3 is 6.67 Å². The summed E-state index contributed by atoms with van der Waals surface area (Å²) in [6.45, 7) is -0.292. The van der Waals surface area contributed by atoms with Crippen LogP contribution in [-0.4, -0.2) is 11.7 Å². The Morgan fingerprint density at radius 1 is 2.00 bits per heavy atom. The van der Waals surface area contributed by atoms with E-state index in [9.17, 15) is 4.39 Å². The fourth-order valence-corrected chi connectivity index (χ4v) is 0. The molecule has 0 unspecified atom stereocenters. The number of aliphatic hydroxyl groups is 1. The lowest BCUT2D eigenvalue weighted by molar-refractivity contribution is 0.292. The molecule has 0 saturated carbocycles. The first-order valence-corrected chi connectivity index (χ1v) is 0.943. The molecule has 24 valence electrons. The average Bonchev–Trinajstić information content (AvgIpc) is 1.37. The largest absolute Gasteiger partial charge is 0.353 e. The van der Waals surface area contributed by atoms with E-state index in [1.807, 2.05) is 0 Å². The van der Waals surface area contributed by atoms with Gasteiger partial charge in [-0.25, -0.2) is 0 Å². The lowest BCUT2D eigenvalue weighted by atomic mass is 10.9. The molecule has 0 bridgehead atoms. The Bertz CT molecular complexity index is 8.00.